The average Bonchev–Trinajstić information content (AvgIpc) is 3.25. The van der Waals surface area contributed by atoms with Gasteiger partial charge >= 0.3 is 5.69 Å². The van der Waals surface area contributed by atoms with Crippen LogP contribution in [0.1, 0.15) is 12.2 Å². The quantitative estimate of drug-likeness (QED) is 0.622. The first-order valence-corrected chi connectivity index (χ1v) is 8.93. The summed E-state index contributed by atoms with van der Waals surface area (Å²) >= 11 is 1.36. The lowest BCUT2D eigenvalue weighted by Gasteiger charge is -2.06. The van der Waals surface area contributed by atoms with Crippen molar-refractivity contribution in [2.75, 3.05) is 5.75 Å². The van der Waals surface area contributed by atoms with Gasteiger partial charge in [0.25, 0.3) is 5.56 Å². The van der Waals surface area contributed by atoms with Crippen LogP contribution in [0.15, 0.2) is 37.6 Å². The molecule has 0 aliphatic heterocycles. The van der Waals surface area contributed by atoms with Crippen LogP contribution >= 0.6 is 11.8 Å². The van der Waals surface area contributed by atoms with Crippen molar-refractivity contribution in [2.24, 2.45) is 21.1 Å². The van der Waals surface area contributed by atoms with Gasteiger partial charge in [-0.3, -0.25) is 18.7 Å². The first-order chi connectivity index (χ1) is 12.4. The van der Waals surface area contributed by atoms with Gasteiger partial charge in [-0.2, -0.15) is 0 Å². The van der Waals surface area contributed by atoms with Crippen LogP contribution in [0, 0.1) is 0 Å². The summed E-state index contributed by atoms with van der Waals surface area (Å²) < 4.78 is 9.28. The third kappa shape index (κ3) is 3.32. The number of hydrogen-bond donors (Lipinski definition) is 1. The molecule has 0 aliphatic carbocycles. The number of carbonyl (C=O) groups excluding carboxylic acids is 1. The highest BCUT2D eigenvalue weighted by Gasteiger charge is 2.17. The Balaban J connectivity index is 1.68. The molecule has 0 unspecified atom stereocenters. The Hall–Kier alpha value is -2.75. The van der Waals surface area contributed by atoms with Crippen molar-refractivity contribution in [3.05, 3.63) is 45.0 Å². The Morgan fingerprint density at radius 1 is 1.23 bits per heavy atom. The minimum absolute atomic E-state index is 0.101. The van der Waals surface area contributed by atoms with Gasteiger partial charge in [-0.1, -0.05) is 11.8 Å². The summed E-state index contributed by atoms with van der Waals surface area (Å²) in [5.41, 5.74) is -0.133. The Labute approximate surface area is 152 Å². The molecule has 3 aromatic heterocycles. The number of nitrogens with zero attached hydrogens (tertiary/aromatic N) is 4. The van der Waals surface area contributed by atoms with Gasteiger partial charge in [0.2, 0.25) is 5.91 Å². The van der Waals surface area contributed by atoms with Crippen molar-refractivity contribution >= 4 is 28.8 Å². The maximum Gasteiger partial charge on any atom is 0.332 e. The van der Waals surface area contributed by atoms with Gasteiger partial charge in [0.15, 0.2) is 16.3 Å². The largest absolute Gasteiger partial charge is 0.467 e. The van der Waals surface area contributed by atoms with Crippen LogP contribution in [0.25, 0.3) is 11.2 Å². The molecular formula is C16H19N5O4S. The highest BCUT2D eigenvalue weighted by atomic mass is 32.2. The average molecular weight is 377 g/mol. The fraction of sp³-hybridized carbons (Fsp3) is 0.375. The van der Waals surface area contributed by atoms with Gasteiger partial charge in [-0.15, -0.1) is 0 Å². The first-order valence-electron chi connectivity index (χ1n) is 7.94. The van der Waals surface area contributed by atoms with E-state index in [2.05, 4.69) is 10.3 Å². The van der Waals surface area contributed by atoms with Crippen LogP contribution in [0.3, 0.4) is 0 Å². The number of rotatable bonds is 6. The lowest BCUT2D eigenvalue weighted by molar-refractivity contribution is -0.120. The van der Waals surface area contributed by atoms with E-state index in [9.17, 15) is 14.4 Å². The molecule has 138 valence electrons. The zero-order chi connectivity index (χ0) is 18.8. The third-order valence-electron chi connectivity index (χ3n) is 4.02. The highest BCUT2D eigenvalue weighted by Crippen LogP contribution is 2.20. The molecule has 10 heteroatoms. The molecule has 3 rings (SSSR count). The zero-order valence-electron chi connectivity index (χ0n) is 14.7. The topological polar surface area (TPSA) is 104 Å². The van der Waals surface area contributed by atoms with Gasteiger partial charge in [0, 0.05) is 33.3 Å². The number of hydrogen-bond acceptors (Lipinski definition) is 6. The minimum atomic E-state index is -0.429. The molecular weight excluding hydrogens is 358 g/mol. The molecule has 0 atom stereocenters. The number of amides is 1. The van der Waals surface area contributed by atoms with Gasteiger partial charge in [0.05, 0.1) is 12.8 Å². The molecule has 3 heterocycles. The Morgan fingerprint density at radius 3 is 2.69 bits per heavy atom. The van der Waals surface area contributed by atoms with Gasteiger partial charge in [-0.25, -0.2) is 9.78 Å². The van der Waals surface area contributed by atoms with Crippen molar-refractivity contribution in [2.45, 2.75) is 18.1 Å². The fourth-order valence-corrected chi connectivity index (χ4v) is 3.52. The molecule has 0 saturated carbocycles. The van der Waals surface area contributed by atoms with Crippen LogP contribution in [0.4, 0.5) is 0 Å². The Bertz CT molecular complexity index is 1060. The number of carbonyl (C=O) groups is 1. The number of nitrogens with one attached hydrogen (secondary N) is 1. The van der Waals surface area contributed by atoms with Crippen LogP contribution in [0.5, 0.6) is 0 Å². The van der Waals surface area contributed by atoms with Crippen molar-refractivity contribution in [3.8, 4) is 0 Å². The molecule has 0 saturated heterocycles. The molecule has 1 amide bonds. The van der Waals surface area contributed by atoms with E-state index in [1.807, 2.05) is 0 Å². The highest BCUT2D eigenvalue weighted by molar-refractivity contribution is 7.99. The summed E-state index contributed by atoms with van der Waals surface area (Å²) in [5.74, 6) is 1.09. The van der Waals surface area contributed by atoms with Gasteiger partial charge < -0.3 is 14.3 Å². The van der Waals surface area contributed by atoms with Crippen LogP contribution < -0.4 is 16.6 Å². The maximum atomic E-state index is 12.2. The predicted octanol–water partition coefficient (Wildman–Crippen LogP) is 0.362. The van der Waals surface area contributed by atoms with Crippen LogP contribution in [-0.4, -0.2) is 30.3 Å². The van der Waals surface area contributed by atoms with E-state index in [1.54, 1.807) is 37.1 Å². The lowest BCUT2D eigenvalue weighted by Crippen LogP contribution is -2.37. The third-order valence-corrected chi connectivity index (χ3v) is 5.05. The second-order valence-corrected chi connectivity index (χ2v) is 6.85. The van der Waals surface area contributed by atoms with E-state index in [0.717, 1.165) is 4.57 Å². The number of thioether (sulfide) groups is 1. The standard InChI is InChI=1S/C16H19N5O4S/c1-19-13-12(14(23)21(3)16(24)20(13)2)18-15(19)26-8-6-11(22)17-9-10-5-4-7-25-10/h4-5,7H,6,8-9H2,1-3H3,(H,17,22). The van der Waals surface area contributed by atoms with Crippen molar-refractivity contribution in [1.29, 1.82) is 0 Å². The number of aromatic nitrogens is 4. The van der Waals surface area contributed by atoms with Crippen molar-refractivity contribution in [3.63, 3.8) is 0 Å². The normalized spacial score (nSPS) is 11.2. The Morgan fingerprint density at radius 2 is 2.00 bits per heavy atom. The lowest BCUT2D eigenvalue weighted by atomic mass is 10.4. The molecule has 0 spiro atoms. The van der Waals surface area contributed by atoms with E-state index < -0.39 is 11.2 Å². The molecule has 1 N–H and O–H groups in total. The van der Waals surface area contributed by atoms with E-state index in [4.69, 9.17) is 4.42 Å². The fourth-order valence-electron chi connectivity index (χ4n) is 2.61. The maximum absolute atomic E-state index is 12.2. The summed E-state index contributed by atoms with van der Waals surface area (Å²) in [6.07, 6.45) is 1.85. The second-order valence-electron chi connectivity index (χ2n) is 5.79. The number of imidazole rings is 1. The number of fused-ring (bicyclic) bond motifs is 1. The molecule has 9 nitrogen and oxygen atoms in total. The zero-order valence-corrected chi connectivity index (χ0v) is 15.5. The van der Waals surface area contributed by atoms with E-state index in [0.29, 0.717) is 35.3 Å². The van der Waals surface area contributed by atoms with Crippen LogP contribution in [0.2, 0.25) is 0 Å². The smallest absolute Gasteiger partial charge is 0.332 e. The van der Waals surface area contributed by atoms with Gasteiger partial charge in [0.1, 0.15) is 5.76 Å². The molecule has 26 heavy (non-hydrogen) atoms. The van der Waals surface area contributed by atoms with Crippen molar-refractivity contribution < 1.29 is 9.21 Å². The van der Waals surface area contributed by atoms with Gasteiger partial charge in [-0.05, 0) is 12.1 Å². The second kappa shape index (κ2) is 7.24. The minimum Gasteiger partial charge on any atom is -0.467 e. The molecule has 0 bridgehead atoms. The summed E-state index contributed by atoms with van der Waals surface area (Å²) in [4.78, 5) is 40.5. The molecule has 0 radical (unpaired) electrons. The van der Waals surface area contributed by atoms with E-state index in [-0.39, 0.29) is 11.4 Å². The van der Waals surface area contributed by atoms with Crippen molar-refractivity contribution in [1.82, 2.24) is 24.0 Å². The number of aryl methyl sites for hydroxylation is 2. The number of furan rings is 1. The summed E-state index contributed by atoms with van der Waals surface area (Å²) in [5, 5.41) is 3.35. The first kappa shape index (κ1) is 18.1. The molecule has 3 aromatic rings. The summed E-state index contributed by atoms with van der Waals surface area (Å²) in [7, 11) is 4.77. The van der Waals surface area contributed by atoms with E-state index >= 15 is 0 Å². The Kier molecular flexibility index (Phi) is 5.03. The SMILES string of the molecule is Cn1c(=O)c2nc(SCCC(=O)NCc3ccco3)n(C)c2n(C)c1=O. The molecule has 0 aromatic carbocycles. The predicted molar refractivity (Wildman–Crippen MR) is 97.1 cm³/mol. The summed E-state index contributed by atoms with van der Waals surface area (Å²) in [6, 6.07) is 3.56. The van der Waals surface area contributed by atoms with Crippen LogP contribution in [-0.2, 0) is 32.5 Å². The summed E-state index contributed by atoms with van der Waals surface area (Å²) in [6.45, 7) is 0.348. The molecule has 0 aliphatic rings. The van der Waals surface area contributed by atoms with E-state index in [1.165, 1.54) is 23.4 Å². The molecule has 0 fully saturated rings. The monoisotopic (exact) mass is 377 g/mol.